The Morgan fingerprint density at radius 3 is 2.95 bits per heavy atom. The Hall–Kier alpha value is -1.78. The van der Waals surface area contributed by atoms with Crippen molar-refractivity contribution >= 4 is 31.2 Å². The molecule has 1 saturated heterocycles. The fourth-order valence-corrected chi connectivity index (χ4v) is 2.96. The summed E-state index contributed by atoms with van der Waals surface area (Å²) in [7, 11) is -3.14. The normalized spacial score (nSPS) is 26.5. The van der Waals surface area contributed by atoms with E-state index in [0.717, 1.165) is 0 Å². The number of rotatable bonds is 4. The number of aliphatic hydroxyl groups excluding tert-OH is 1. The van der Waals surface area contributed by atoms with Crippen LogP contribution in [0.25, 0.3) is 11.2 Å². The second kappa shape index (κ2) is 5.78. The van der Waals surface area contributed by atoms with Crippen molar-refractivity contribution in [2.24, 2.45) is 0 Å². The van der Waals surface area contributed by atoms with Crippen molar-refractivity contribution in [2.75, 3.05) is 18.1 Å². The highest BCUT2D eigenvalue weighted by Gasteiger charge is 2.38. The molecular formula is C10H15N6O5P. The van der Waals surface area contributed by atoms with E-state index >= 15 is 0 Å². The average Bonchev–Trinajstić information content (AvgIpc) is 3.01. The fourth-order valence-electron chi connectivity index (χ4n) is 2.46. The summed E-state index contributed by atoms with van der Waals surface area (Å²) in [5.74, 6) is 0.142. The van der Waals surface area contributed by atoms with Crippen LogP contribution >= 0.6 is 8.25 Å². The summed E-state index contributed by atoms with van der Waals surface area (Å²) in [5.41, 5.74) is 12.1. The Kier molecular flexibility index (Phi) is 3.98. The number of aliphatic hydroxyl groups is 1. The Labute approximate surface area is 124 Å². The van der Waals surface area contributed by atoms with Gasteiger partial charge in [-0.3, -0.25) is 9.13 Å². The Balaban J connectivity index is 1.93. The largest absolute Gasteiger partial charge is 0.394 e. The van der Waals surface area contributed by atoms with E-state index < -0.39 is 26.7 Å². The molecule has 1 aliphatic rings. The second-order valence-electron chi connectivity index (χ2n) is 4.76. The van der Waals surface area contributed by atoms with Crippen molar-refractivity contribution in [1.29, 1.82) is 0 Å². The summed E-state index contributed by atoms with van der Waals surface area (Å²) in [5, 5.41) is 9.30. The molecule has 1 fully saturated rings. The quantitative estimate of drug-likeness (QED) is 0.511. The number of anilines is 2. The maximum atomic E-state index is 10.9. The van der Waals surface area contributed by atoms with Gasteiger partial charge in [0.15, 0.2) is 11.5 Å². The van der Waals surface area contributed by atoms with E-state index in [2.05, 4.69) is 15.0 Å². The summed E-state index contributed by atoms with van der Waals surface area (Å²) >= 11 is 0. The van der Waals surface area contributed by atoms with Crippen LogP contribution in [0.3, 0.4) is 0 Å². The molecule has 120 valence electrons. The van der Waals surface area contributed by atoms with E-state index in [-0.39, 0.29) is 24.8 Å². The Morgan fingerprint density at radius 1 is 1.50 bits per heavy atom. The number of nitrogens with two attached hydrogens (primary N) is 2. The number of fused-ring (bicyclic) bond motifs is 1. The van der Waals surface area contributed by atoms with Crippen LogP contribution < -0.4 is 11.5 Å². The number of ether oxygens (including phenoxy) is 1. The van der Waals surface area contributed by atoms with Crippen LogP contribution in [-0.2, 0) is 13.8 Å². The molecule has 0 spiro atoms. The van der Waals surface area contributed by atoms with Gasteiger partial charge in [0.2, 0.25) is 5.95 Å². The molecule has 0 aromatic carbocycles. The molecule has 6 N–H and O–H groups in total. The molecule has 2 aromatic heterocycles. The molecule has 2 unspecified atom stereocenters. The molecule has 1 aliphatic heterocycles. The lowest BCUT2D eigenvalue weighted by Crippen LogP contribution is -2.25. The van der Waals surface area contributed by atoms with Gasteiger partial charge in [0.25, 0.3) is 0 Å². The molecule has 3 rings (SSSR count). The molecule has 0 radical (unpaired) electrons. The first-order chi connectivity index (χ1) is 10.5. The van der Waals surface area contributed by atoms with Gasteiger partial charge in [0, 0.05) is 6.42 Å². The monoisotopic (exact) mass is 330 g/mol. The molecule has 0 aliphatic carbocycles. The van der Waals surface area contributed by atoms with Gasteiger partial charge >= 0.3 is 8.25 Å². The van der Waals surface area contributed by atoms with Gasteiger partial charge in [-0.1, -0.05) is 0 Å². The van der Waals surface area contributed by atoms with Crippen LogP contribution in [0.2, 0.25) is 0 Å². The minimum Gasteiger partial charge on any atom is -0.394 e. The lowest BCUT2D eigenvalue weighted by molar-refractivity contribution is -0.0394. The van der Waals surface area contributed by atoms with Crippen molar-refractivity contribution in [3.05, 3.63) is 6.33 Å². The predicted molar refractivity (Wildman–Crippen MR) is 75.9 cm³/mol. The number of nitrogen functional groups attached to an aromatic ring is 2. The molecule has 11 nitrogen and oxygen atoms in total. The molecule has 3 heterocycles. The maximum absolute atomic E-state index is 10.9. The number of hydrogen-bond acceptors (Lipinski definition) is 9. The maximum Gasteiger partial charge on any atom is 0.316 e. The molecule has 0 amide bonds. The predicted octanol–water partition coefficient (Wildman–Crippen LogP) is -0.962. The summed E-state index contributed by atoms with van der Waals surface area (Å²) in [4.78, 5) is 20.9. The highest BCUT2D eigenvalue weighted by molar-refractivity contribution is 7.32. The summed E-state index contributed by atoms with van der Waals surface area (Å²) in [6.45, 7) is -0.345. The molecule has 2 aromatic rings. The summed E-state index contributed by atoms with van der Waals surface area (Å²) < 4.78 is 23.0. The summed E-state index contributed by atoms with van der Waals surface area (Å²) in [6.07, 6.45) is -0.307. The lowest BCUT2D eigenvalue weighted by Gasteiger charge is -2.14. The van der Waals surface area contributed by atoms with E-state index in [0.29, 0.717) is 11.2 Å². The van der Waals surface area contributed by atoms with Gasteiger partial charge in [-0.05, 0) is 0 Å². The van der Waals surface area contributed by atoms with Crippen LogP contribution in [0.5, 0.6) is 0 Å². The minimum absolute atomic E-state index is 0.00309. The molecule has 22 heavy (non-hydrogen) atoms. The fraction of sp³-hybridized carbons (Fsp3) is 0.500. The van der Waals surface area contributed by atoms with Crippen LogP contribution in [0.4, 0.5) is 11.8 Å². The Bertz CT molecular complexity index is 723. The smallest absolute Gasteiger partial charge is 0.316 e. The van der Waals surface area contributed by atoms with E-state index in [9.17, 15) is 9.67 Å². The zero-order chi connectivity index (χ0) is 15.9. The zero-order valence-electron chi connectivity index (χ0n) is 11.3. The molecule has 0 bridgehead atoms. The Morgan fingerprint density at radius 2 is 2.27 bits per heavy atom. The van der Waals surface area contributed by atoms with Crippen molar-refractivity contribution < 1.29 is 23.8 Å². The highest BCUT2D eigenvalue weighted by atomic mass is 31.1. The summed E-state index contributed by atoms with van der Waals surface area (Å²) in [6, 6.07) is 0. The van der Waals surface area contributed by atoms with Crippen molar-refractivity contribution in [3.63, 3.8) is 0 Å². The van der Waals surface area contributed by atoms with E-state index in [1.54, 1.807) is 4.57 Å². The third-order valence-corrected chi connectivity index (χ3v) is 3.89. The topological polar surface area (TPSA) is 172 Å². The molecule has 12 heteroatoms. The van der Waals surface area contributed by atoms with Gasteiger partial charge in [-0.15, -0.1) is 0 Å². The van der Waals surface area contributed by atoms with Crippen molar-refractivity contribution in [3.8, 4) is 0 Å². The molecule has 4 atom stereocenters. The third kappa shape index (κ3) is 2.64. The number of nitrogens with zero attached hydrogens (tertiary/aromatic N) is 4. The van der Waals surface area contributed by atoms with E-state index in [4.69, 9.17) is 25.6 Å². The van der Waals surface area contributed by atoms with Crippen molar-refractivity contribution in [2.45, 2.75) is 24.9 Å². The van der Waals surface area contributed by atoms with E-state index in [1.807, 2.05) is 0 Å². The van der Waals surface area contributed by atoms with Crippen molar-refractivity contribution in [1.82, 2.24) is 19.5 Å². The average molecular weight is 330 g/mol. The minimum atomic E-state index is -3.14. The standard InChI is InChI=1S/C10H15N6O5P/c11-8-7-9(15-10(12)14-8)16(3-13-7)6-1-4(21-22(18)19)5(2-17)20-6/h3-6,17,22H,1-2H2,(H,18,19)(H4,11,12,14,15)/t4?,5-,6-/m1/s1. The van der Waals surface area contributed by atoms with Crippen LogP contribution in [0.1, 0.15) is 12.6 Å². The zero-order valence-corrected chi connectivity index (χ0v) is 12.3. The number of imidazole rings is 1. The van der Waals surface area contributed by atoms with Gasteiger partial charge in [0.1, 0.15) is 17.8 Å². The van der Waals surface area contributed by atoms with Crippen LogP contribution in [0, 0.1) is 0 Å². The SMILES string of the molecule is Nc1nc(N)c2ncn([C@H]3CC(O[PH](=O)O)[C@@H](CO)O3)c2n1. The molecule has 0 saturated carbocycles. The number of aromatic nitrogens is 4. The van der Waals surface area contributed by atoms with E-state index in [1.165, 1.54) is 6.33 Å². The van der Waals surface area contributed by atoms with Gasteiger partial charge < -0.3 is 30.7 Å². The molecular weight excluding hydrogens is 315 g/mol. The highest BCUT2D eigenvalue weighted by Crippen LogP contribution is 2.36. The first-order valence-electron chi connectivity index (χ1n) is 6.41. The second-order valence-corrected chi connectivity index (χ2v) is 5.53. The van der Waals surface area contributed by atoms with Gasteiger partial charge in [-0.25, -0.2) is 4.98 Å². The van der Waals surface area contributed by atoms with Gasteiger partial charge in [0.05, 0.1) is 19.0 Å². The number of hydrogen-bond donors (Lipinski definition) is 4. The first kappa shape index (κ1) is 15.1. The van der Waals surface area contributed by atoms with Crippen LogP contribution in [0.15, 0.2) is 6.33 Å². The first-order valence-corrected chi connectivity index (χ1v) is 7.67. The third-order valence-electron chi connectivity index (χ3n) is 3.39. The van der Waals surface area contributed by atoms with Gasteiger partial charge in [-0.2, -0.15) is 9.97 Å². The van der Waals surface area contributed by atoms with Crippen LogP contribution in [-0.4, -0.2) is 48.3 Å². The lowest BCUT2D eigenvalue weighted by atomic mass is 10.2.